The molecule has 2 nitrogen and oxygen atoms in total. The Kier molecular flexibility index (Phi) is 3.56. The van der Waals surface area contributed by atoms with Crippen LogP contribution in [0.15, 0.2) is 24.3 Å². The molecule has 1 aromatic rings. The summed E-state index contributed by atoms with van der Waals surface area (Å²) in [5.41, 5.74) is 2.03. The van der Waals surface area contributed by atoms with Crippen LogP contribution < -0.4 is 0 Å². The van der Waals surface area contributed by atoms with Gasteiger partial charge in [-0.3, -0.25) is 0 Å². The lowest BCUT2D eigenvalue weighted by molar-refractivity contribution is 0.0134. The van der Waals surface area contributed by atoms with Crippen molar-refractivity contribution in [1.82, 2.24) is 0 Å². The Hall–Kier alpha value is -0.980. The van der Waals surface area contributed by atoms with Gasteiger partial charge >= 0.3 is 0 Å². The number of thioether (sulfide) groups is 1. The SMILES string of the molecule is N#CC1(C(O)C2CCSC2)CCc2ccccc2C1. The molecule has 0 spiro atoms. The van der Waals surface area contributed by atoms with Crippen LogP contribution in [0.25, 0.3) is 0 Å². The molecule has 1 N–H and O–H groups in total. The third-order valence-corrected chi connectivity index (χ3v) is 5.85. The molecule has 3 heteroatoms. The highest BCUT2D eigenvalue weighted by atomic mass is 32.2. The van der Waals surface area contributed by atoms with Crippen LogP contribution in [-0.2, 0) is 12.8 Å². The molecular formula is C16H19NOS. The van der Waals surface area contributed by atoms with Crippen LogP contribution in [-0.4, -0.2) is 22.7 Å². The van der Waals surface area contributed by atoms with Gasteiger partial charge in [-0.25, -0.2) is 0 Å². The second kappa shape index (κ2) is 5.19. The van der Waals surface area contributed by atoms with Gasteiger partial charge < -0.3 is 5.11 Å². The highest BCUT2D eigenvalue weighted by Crippen LogP contribution is 2.43. The molecule has 2 aliphatic rings. The molecule has 1 aliphatic carbocycles. The van der Waals surface area contributed by atoms with Gasteiger partial charge in [-0.05, 0) is 54.2 Å². The average Bonchev–Trinajstić information content (AvgIpc) is 3.00. The second-order valence-electron chi connectivity index (χ2n) is 5.78. The molecule has 0 radical (unpaired) electrons. The van der Waals surface area contributed by atoms with Crippen LogP contribution in [0.3, 0.4) is 0 Å². The Labute approximate surface area is 118 Å². The van der Waals surface area contributed by atoms with Crippen molar-refractivity contribution in [3.8, 4) is 6.07 Å². The Morgan fingerprint density at radius 3 is 2.84 bits per heavy atom. The van der Waals surface area contributed by atoms with Crippen molar-refractivity contribution in [1.29, 1.82) is 5.26 Å². The zero-order chi connectivity index (χ0) is 13.3. The van der Waals surface area contributed by atoms with E-state index in [2.05, 4.69) is 24.3 Å². The van der Waals surface area contributed by atoms with E-state index >= 15 is 0 Å². The molecule has 1 aliphatic heterocycles. The van der Waals surface area contributed by atoms with E-state index in [1.807, 2.05) is 17.8 Å². The van der Waals surface area contributed by atoms with Crippen molar-refractivity contribution >= 4 is 11.8 Å². The van der Waals surface area contributed by atoms with Crippen molar-refractivity contribution in [2.75, 3.05) is 11.5 Å². The van der Waals surface area contributed by atoms with Crippen molar-refractivity contribution in [2.24, 2.45) is 11.3 Å². The molecule has 1 aromatic carbocycles. The van der Waals surface area contributed by atoms with Crippen LogP contribution >= 0.6 is 11.8 Å². The summed E-state index contributed by atoms with van der Waals surface area (Å²) in [6.45, 7) is 0. The molecule has 0 bridgehead atoms. The predicted molar refractivity (Wildman–Crippen MR) is 78.0 cm³/mol. The van der Waals surface area contributed by atoms with Crippen molar-refractivity contribution < 1.29 is 5.11 Å². The van der Waals surface area contributed by atoms with Crippen molar-refractivity contribution in [3.05, 3.63) is 35.4 Å². The van der Waals surface area contributed by atoms with Crippen LogP contribution in [0, 0.1) is 22.7 Å². The number of benzene rings is 1. The Morgan fingerprint density at radius 1 is 1.37 bits per heavy atom. The molecule has 1 fully saturated rings. The molecule has 0 amide bonds. The zero-order valence-electron chi connectivity index (χ0n) is 11.0. The van der Waals surface area contributed by atoms with Gasteiger partial charge in [0.2, 0.25) is 0 Å². The number of nitriles is 1. The summed E-state index contributed by atoms with van der Waals surface area (Å²) in [6, 6.07) is 10.8. The minimum atomic E-state index is -0.566. The molecule has 1 heterocycles. The third-order valence-electron chi connectivity index (χ3n) is 4.66. The van der Waals surface area contributed by atoms with Gasteiger partial charge in [-0.15, -0.1) is 0 Å². The average molecular weight is 273 g/mol. The monoisotopic (exact) mass is 273 g/mol. The molecule has 3 unspecified atom stereocenters. The largest absolute Gasteiger partial charge is 0.391 e. The van der Waals surface area contributed by atoms with Gasteiger partial charge in [0, 0.05) is 0 Å². The lowest BCUT2D eigenvalue weighted by atomic mass is 9.66. The van der Waals surface area contributed by atoms with E-state index in [-0.39, 0.29) is 0 Å². The van der Waals surface area contributed by atoms with Gasteiger partial charge in [0.15, 0.2) is 0 Å². The fourth-order valence-corrected chi connectivity index (χ4v) is 4.71. The van der Waals surface area contributed by atoms with E-state index < -0.39 is 11.5 Å². The summed E-state index contributed by atoms with van der Waals surface area (Å²) in [6.07, 6.45) is 3.00. The molecule has 3 rings (SSSR count). The maximum Gasteiger partial charge on any atom is 0.0878 e. The van der Waals surface area contributed by atoms with E-state index in [1.165, 1.54) is 11.1 Å². The highest BCUT2D eigenvalue weighted by molar-refractivity contribution is 7.99. The lowest BCUT2D eigenvalue weighted by Crippen LogP contribution is -2.43. The summed E-state index contributed by atoms with van der Waals surface area (Å²) in [7, 11) is 0. The number of fused-ring (bicyclic) bond motifs is 1. The van der Waals surface area contributed by atoms with Crippen LogP contribution in [0.1, 0.15) is 24.0 Å². The normalized spacial score (nSPS) is 31.5. The smallest absolute Gasteiger partial charge is 0.0878 e. The number of hydrogen-bond donors (Lipinski definition) is 1. The summed E-state index contributed by atoms with van der Waals surface area (Å²) < 4.78 is 0. The predicted octanol–water partition coefficient (Wildman–Crippen LogP) is 2.80. The summed E-state index contributed by atoms with van der Waals surface area (Å²) >= 11 is 1.90. The zero-order valence-corrected chi connectivity index (χ0v) is 11.8. The fourth-order valence-electron chi connectivity index (χ4n) is 3.43. The molecule has 100 valence electrons. The molecule has 0 saturated carbocycles. The minimum absolute atomic E-state index is 0.301. The standard InChI is InChI=1S/C16H19NOS/c17-11-16(15(18)14-6-8-19-10-14)7-5-12-3-1-2-4-13(12)9-16/h1-4,14-15,18H,5-10H2. The first-order chi connectivity index (χ1) is 9.25. The van der Waals surface area contributed by atoms with E-state index in [1.54, 1.807) is 0 Å². The number of nitrogens with zero attached hydrogens (tertiary/aromatic N) is 1. The fraction of sp³-hybridized carbons (Fsp3) is 0.562. The first kappa shape index (κ1) is 13.0. The number of hydrogen-bond acceptors (Lipinski definition) is 3. The molecule has 0 aromatic heterocycles. The van der Waals surface area contributed by atoms with E-state index in [9.17, 15) is 10.4 Å². The Balaban J connectivity index is 1.87. The number of aliphatic hydroxyl groups is 1. The molecule has 3 atom stereocenters. The topological polar surface area (TPSA) is 44.0 Å². The maximum absolute atomic E-state index is 10.7. The van der Waals surface area contributed by atoms with Crippen LogP contribution in [0.4, 0.5) is 0 Å². The Morgan fingerprint density at radius 2 is 2.16 bits per heavy atom. The summed E-state index contributed by atoms with van der Waals surface area (Å²) in [5.74, 6) is 2.43. The Bertz CT molecular complexity index is 504. The molecular weight excluding hydrogens is 254 g/mol. The van der Waals surface area contributed by atoms with E-state index in [4.69, 9.17) is 0 Å². The first-order valence-electron chi connectivity index (χ1n) is 6.99. The van der Waals surface area contributed by atoms with Gasteiger partial charge in [0.05, 0.1) is 17.6 Å². The van der Waals surface area contributed by atoms with Gasteiger partial charge in [-0.2, -0.15) is 17.0 Å². The lowest BCUT2D eigenvalue weighted by Gasteiger charge is -2.38. The maximum atomic E-state index is 10.7. The third kappa shape index (κ3) is 2.28. The quantitative estimate of drug-likeness (QED) is 0.901. The van der Waals surface area contributed by atoms with Crippen LogP contribution in [0.5, 0.6) is 0 Å². The van der Waals surface area contributed by atoms with Gasteiger partial charge in [-0.1, -0.05) is 24.3 Å². The summed E-state index contributed by atoms with van der Waals surface area (Å²) in [4.78, 5) is 0. The van der Waals surface area contributed by atoms with Crippen molar-refractivity contribution in [3.63, 3.8) is 0 Å². The van der Waals surface area contributed by atoms with E-state index in [0.717, 1.165) is 30.8 Å². The molecule has 1 saturated heterocycles. The second-order valence-corrected chi connectivity index (χ2v) is 6.93. The minimum Gasteiger partial charge on any atom is -0.391 e. The summed E-state index contributed by atoms with van der Waals surface area (Å²) in [5, 5.41) is 20.4. The van der Waals surface area contributed by atoms with E-state index in [0.29, 0.717) is 12.3 Å². The highest BCUT2D eigenvalue weighted by Gasteiger charge is 2.45. The number of aryl methyl sites for hydroxylation is 1. The molecule has 19 heavy (non-hydrogen) atoms. The van der Waals surface area contributed by atoms with Gasteiger partial charge in [0.1, 0.15) is 0 Å². The van der Waals surface area contributed by atoms with Crippen LogP contribution in [0.2, 0.25) is 0 Å². The number of rotatable bonds is 2. The first-order valence-corrected chi connectivity index (χ1v) is 8.14. The van der Waals surface area contributed by atoms with Crippen molar-refractivity contribution in [2.45, 2.75) is 31.8 Å². The van der Waals surface area contributed by atoms with Gasteiger partial charge in [0.25, 0.3) is 0 Å². The number of aliphatic hydroxyl groups excluding tert-OH is 1.